The monoisotopic (exact) mass is 275 g/mol. The summed E-state index contributed by atoms with van der Waals surface area (Å²) in [6.45, 7) is 2.67. The quantitative estimate of drug-likeness (QED) is 0.795. The number of carbonyl (C=O) groups excluding carboxylic acids is 1. The number of hydrogen-bond acceptors (Lipinski definition) is 3. The van der Waals surface area contributed by atoms with E-state index >= 15 is 0 Å². The lowest BCUT2D eigenvalue weighted by molar-refractivity contribution is -0.134. The Hall–Kier alpha value is -1.90. The van der Waals surface area contributed by atoms with Crippen molar-refractivity contribution >= 4 is 5.91 Å². The molecule has 1 heterocycles. The predicted molar refractivity (Wildman–Crippen MR) is 75.2 cm³/mol. The summed E-state index contributed by atoms with van der Waals surface area (Å²) < 4.78 is 13.6. The fraction of sp³-hybridized carbons (Fsp3) is 0.400. The first-order chi connectivity index (χ1) is 9.58. The number of likely N-dealkylation sites (N-methyl/N-ethyl adjacent to an activating group) is 1. The average molecular weight is 275 g/mol. The Morgan fingerprint density at radius 2 is 2.15 bits per heavy atom. The van der Waals surface area contributed by atoms with Gasteiger partial charge in [-0.2, -0.15) is 0 Å². The van der Waals surface area contributed by atoms with E-state index in [4.69, 9.17) is 5.73 Å². The highest BCUT2D eigenvalue weighted by molar-refractivity contribution is 5.78. The third-order valence-electron chi connectivity index (χ3n) is 3.23. The van der Waals surface area contributed by atoms with Gasteiger partial charge in [0.15, 0.2) is 0 Å². The predicted octanol–water partition coefficient (Wildman–Crippen LogP) is 0.410. The minimum absolute atomic E-state index is 0.0933. The topological polar surface area (TPSA) is 49.6 Å². The van der Waals surface area contributed by atoms with Gasteiger partial charge in [0.2, 0.25) is 5.91 Å². The Bertz CT molecular complexity index is 562. The van der Waals surface area contributed by atoms with E-state index in [9.17, 15) is 9.18 Å². The number of amides is 1. The van der Waals surface area contributed by atoms with Crippen LogP contribution in [-0.4, -0.2) is 48.9 Å². The molecule has 2 rings (SSSR count). The highest BCUT2D eigenvalue weighted by atomic mass is 19.1. The first kappa shape index (κ1) is 14.5. The number of benzene rings is 1. The summed E-state index contributed by atoms with van der Waals surface area (Å²) in [7, 11) is 1.79. The van der Waals surface area contributed by atoms with Crippen molar-refractivity contribution in [1.29, 1.82) is 0 Å². The van der Waals surface area contributed by atoms with E-state index in [1.165, 1.54) is 12.1 Å². The van der Waals surface area contributed by atoms with Crippen LogP contribution in [0.1, 0.15) is 11.1 Å². The first-order valence-electron chi connectivity index (χ1n) is 6.53. The summed E-state index contributed by atoms with van der Waals surface area (Å²) in [5.74, 6) is 5.32. The molecule has 1 saturated heterocycles. The number of halogens is 1. The molecule has 4 nitrogen and oxygen atoms in total. The Labute approximate surface area is 118 Å². The van der Waals surface area contributed by atoms with Gasteiger partial charge in [0.05, 0.1) is 13.1 Å². The van der Waals surface area contributed by atoms with Crippen LogP contribution in [0.5, 0.6) is 0 Å². The molecular weight excluding hydrogens is 257 g/mol. The number of nitrogens with two attached hydrogens (primary N) is 1. The molecule has 0 radical (unpaired) electrons. The van der Waals surface area contributed by atoms with Crippen molar-refractivity contribution in [3.63, 3.8) is 0 Å². The van der Waals surface area contributed by atoms with Gasteiger partial charge in [0, 0.05) is 32.2 Å². The molecule has 0 atom stereocenters. The smallest absolute Gasteiger partial charge is 0.236 e. The molecule has 1 aromatic rings. The van der Waals surface area contributed by atoms with Crippen LogP contribution in [0.3, 0.4) is 0 Å². The van der Waals surface area contributed by atoms with Crippen LogP contribution in [0.25, 0.3) is 0 Å². The number of hydrogen-bond donors (Lipinski definition) is 1. The molecular formula is C15H18FN3O. The second-order valence-electron chi connectivity index (χ2n) is 4.88. The summed E-state index contributed by atoms with van der Waals surface area (Å²) in [6.07, 6.45) is 0. The highest BCUT2D eigenvalue weighted by Crippen LogP contribution is 2.12. The molecule has 1 aliphatic heterocycles. The number of piperazine rings is 1. The molecule has 5 heteroatoms. The first-order valence-corrected chi connectivity index (χ1v) is 6.53. The summed E-state index contributed by atoms with van der Waals surface area (Å²) >= 11 is 0. The molecule has 0 bridgehead atoms. The summed E-state index contributed by atoms with van der Waals surface area (Å²) in [5.41, 5.74) is 6.75. The third-order valence-corrected chi connectivity index (χ3v) is 3.23. The number of nitrogens with zero attached hydrogens (tertiary/aromatic N) is 2. The fourth-order valence-corrected chi connectivity index (χ4v) is 2.17. The molecule has 0 unspecified atom stereocenters. The minimum Gasteiger partial charge on any atom is -0.343 e. The zero-order valence-corrected chi connectivity index (χ0v) is 11.5. The minimum atomic E-state index is -0.315. The van der Waals surface area contributed by atoms with E-state index in [1.807, 2.05) is 11.0 Å². The molecule has 1 amide bonds. The van der Waals surface area contributed by atoms with Gasteiger partial charge in [-0.05, 0) is 23.8 Å². The lowest BCUT2D eigenvalue weighted by Crippen LogP contribution is -2.47. The summed E-state index contributed by atoms with van der Waals surface area (Å²) in [6, 6.07) is 4.71. The van der Waals surface area contributed by atoms with Crippen LogP contribution in [0.4, 0.5) is 4.39 Å². The molecule has 106 valence electrons. The van der Waals surface area contributed by atoms with E-state index in [0.29, 0.717) is 25.2 Å². The second-order valence-corrected chi connectivity index (χ2v) is 4.88. The summed E-state index contributed by atoms with van der Waals surface area (Å²) in [4.78, 5) is 15.4. The van der Waals surface area contributed by atoms with Gasteiger partial charge in [0.25, 0.3) is 0 Å². The molecule has 1 fully saturated rings. The lowest BCUT2D eigenvalue weighted by atomic mass is 10.1. The van der Waals surface area contributed by atoms with Crippen molar-refractivity contribution < 1.29 is 9.18 Å². The van der Waals surface area contributed by atoms with Crippen LogP contribution in [0.2, 0.25) is 0 Å². The van der Waals surface area contributed by atoms with Gasteiger partial charge >= 0.3 is 0 Å². The van der Waals surface area contributed by atoms with Crippen LogP contribution < -0.4 is 5.73 Å². The van der Waals surface area contributed by atoms with Gasteiger partial charge in [-0.1, -0.05) is 11.8 Å². The van der Waals surface area contributed by atoms with Crippen molar-refractivity contribution in [1.82, 2.24) is 9.80 Å². The molecule has 2 N–H and O–H groups in total. The normalized spacial score (nSPS) is 15.9. The van der Waals surface area contributed by atoms with Gasteiger partial charge in [-0.3, -0.25) is 9.69 Å². The van der Waals surface area contributed by atoms with E-state index < -0.39 is 0 Å². The molecule has 0 aliphatic carbocycles. The second kappa shape index (κ2) is 6.51. The number of rotatable bonds is 2. The zero-order chi connectivity index (χ0) is 14.5. The SMILES string of the molecule is CN1CCN(Cc2cc(F)cc(C#CCN)c2)CC1=O. The van der Waals surface area contributed by atoms with E-state index in [2.05, 4.69) is 11.8 Å². The van der Waals surface area contributed by atoms with Crippen LogP contribution in [0.15, 0.2) is 18.2 Å². The molecule has 1 aliphatic rings. The maximum Gasteiger partial charge on any atom is 0.236 e. The zero-order valence-electron chi connectivity index (χ0n) is 11.5. The maximum absolute atomic E-state index is 13.6. The third kappa shape index (κ3) is 3.80. The number of carbonyl (C=O) groups is 1. The van der Waals surface area contributed by atoms with Gasteiger partial charge in [0.1, 0.15) is 5.82 Å². The Morgan fingerprint density at radius 1 is 1.35 bits per heavy atom. The average Bonchev–Trinajstić information content (AvgIpc) is 2.40. The van der Waals surface area contributed by atoms with Crippen molar-refractivity contribution in [2.45, 2.75) is 6.54 Å². The van der Waals surface area contributed by atoms with Gasteiger partial charge < -0.3 is 10.6 Å². The Morgan fingerprint density at radius 3 is 2.85 bits per heavy atom. The lowest BCUT2D eigenvalue weighted by Gasteiger charge is -2.31. The Kier molecular flexibility index (Phi) is 4.72. The molecule has 0 spiro atoms. The van der Waals surface area contributed by atoms with Crippen molar-refractivity contribution in [3.8, 4) is 11.8 Å². The summed E-state index contributed by atoms with van der Waals surface area (Å²) in [5, 5.41) is 0. The molecule has 0 saturated carbocycles. The molecule has 1 aromatic carbocycles. The Balaban J connectivity index is 2.09. The largest absolute Gasteiger partial charge is 0.343 e. The van der Waals surface area contributed by atoms with Crippen LogP contribution >= 0.6 is 0 Å². The fourth-order valence-electron chi connectivity index (χ4n) is 2.17. The van der Waals surface area contributed by atoms with Crippen molar-refractivity contribution in [2.75, 3.05) is 33.2 Å². The molecule has 20 heavy (non-hydrogen) atoms. The van der Waals surface area contributed by atoms with Gasteiger partial charge in [-0.15, -0.1) is 0 Å². The van der Waals surface area contributed by atoms with Crippen molar-refractivity contribution in [2.24, 2.45) is 5.73 Å². The maximum atomic E-state index is 13.6. The van der Waals surface area contributed by atoms with E-state index in [-0.39, 0.29) is 18.3 Å². The van der Waals surface area contributed by atoms with Crippen LogP contribution in [0, 0.1) is 17.7 Å². The van der Waals surface area contributed by atoms with Crippen molar-refractivity contribution in [3.05, 3.63) is 35.1 Å². The standard InChI is InChI=1S/C15H18FN3O/c1-18-5-6-19(11-15(18)20)10-13-7-12(3-2-4-17)8-14(16)9-13/h7-9H,4-6,10-11,17H2,1H3. The van der Waals surface area contributed by atoms with Crippen LogP contribution in [-0.2, 0) is 11.3 Å². The highest BCUT2D eigenvalue weighted by Gasteiger charge is 2.20. The van der Waals surface area contributed by atoms with Gasteiger partial charge in [-0.25, -0.2) is 4.39 Å². The molecule has 0 aromatic heterocycles. The van der Waals surface area contributed by atoms with E-state index in [0.717, 1.165) is 12.1 Å². The van der Waals surface area contributed by atoms with E-state index in [1.54, 1.807) is 11.9 Å².